The second-order valence-corrected chi connectivity index (χ2v) is 23.6. The highest BCUT2D eigenvalue weighted by Gasteiger charge is 2.38. The van der Waals surface area contributed by atoms with E-state index in [-0.39, 0.29) is 0 Å². The van der Waals surface area contributed by atoms with E-state index in [9.17, 15) is 74.1 Å². The minimum atomic E-state index is -5.02. The second-order valence-electron chi connectivity index (χ2n) is 16.0. The predicted molar refractivity (Wildman–Crippen MR) is 258 cm³/mol. The van der Waals surface area contributed by atoms with Crippen molar-refractivity contribution >= 4 is 73.6 Å². The van der Waals surface area contributed by atoms with Gasteiger partial charge in [-0.25, -0.2) is 33.7 Å². The minimum absolute atomic E-state index is 0.311. The molecule has 6 aromatic rings. The third-order valence-electron chi connectivity index (χ3n) is 11.7. The Balaban J connectivity index is 1.44. The average Bonchev–Trinajstić information content (AvgIpc) is 3.35. The Labute approximate surface area is 412 Å². The molecule has 0 radical (unpaired) electrons. The number of fused-ring (bicyclic) bond motifs is 14. The van der Waals surface area contributed by atoms with Gasteiger partial charge in [0, 0.05) is 76.6 Å². The summed E-state index contributed by atoms with van der Waals surface area (Å²) in [5.74, 6) is 0. The highest BCUT2D eigenvalue weighted by atomic mass is 32.2. The molecule has 0 saturated heterocycles. The number of para-hydroxylation sites is 4. The van der Waals surface area contributed by atoms with Crippen molar-refractivity contribution in [1.82, 2.24) is 17.2 Å². The number of rotatable bonds is 12. The molecule has 0 N–H and O–H groups in total. The largest absolute Gasteiger partial charge is 0.289 e. The summed E-state index contributed by atoms with van der Waals surface area (Å²) < 4.78 is 120. The lowest BCUT2D eigenvalue weighted by Gasteiger charge is -2.29. The van der Waals surface area contributed by atoms with Gasteiger partial charge in [-0.3, -0.25) is 40.5 Å². The first-order chi connectivity index (χ1) is 34.1. The highest BCUT2D eigenvalue weighted by molar-refractivity contribution is 7.90. The summed E-state index contributed by atoms with van der Waals surface area (Å²) >= 11 is 0. The molecule has 378 valence electrons. The van der Waals surface area contributed by atoms with Crippen LogP contribution >= 0.6 is 0 Å². The van der Waals surface area contributed by atoms with Crippen LogP contribution in [0, 0.1) is 40.5 Å². The summed E-state index contributed by atoms with van der Waals surface area (Å²) in [5.41, 5.74) is -2.67. The predicted octanol–water partition coefficient (Wildman–Crippen LogP) is 6.03. The molecule has 6 aromatic carbocycles. The van der Waals surface area contributed by atoms with Crippen molar-refractivity contribution in [2.45, 2.75) is 45.5 Å². The summed E-state index contributed by atoms with van der Waals surface area (Å²) in [4.78, 5) is 42.0. The molecule has 24 nitrogen and oxygen atoms in total. The third kappa shape index (κ3) is 10.7. The molecule has 0 spiro atoms. The maximum absolute atomic E-state index is 14.7. The summed E-state index contributed by atoms with van der Waals surface area (Å²) in [6.07, 6.45) is -0.795. The first-order valence-electron chi connectivity index (χ1n) is 21.5. The van der Waals surface area contributed by atoms with Crippen LogP contribution in [0.4, 0.5) is 22.7 Å². The van der Waals surface area contributed by atoms with Gasteiger partial charge in [-0.1, -0.05) is 84.9 Å². The molecule has 0 atom stereocenters. The van der Waals surface area contributed by atoms with E-state index in [2.05, 4.69) is 0 Å². The molecule has 2 aliphatic rings. The molecular formula is C44H42N8O16S4. The fraction of sp³-hybridized carbons (Fsp3) is 0.227. The van der Waals surface area contributed by atoms with Gasteiger partial charge in [0.25, 0.3) is 22.7 Å². The van der Waals surface area contributed by atoms with Gasteiger partial charge in [0.2, 0.25) is 40.1 Å². The van der Waals surface area contributed by atoms with Crippen LogP contribution in [0.3, 0.4) is 0 Å². The maximum Gasteiger partial charge on any atom is 0.289 e. The molecule has 0 unspecified atom stereocenters. The molecule has 0 fully saturated rings. The molecule has 2 aliphatic heterocycles. The van der Waals surface area contributed by atoms with Gasteiger partial charge in [0.05, 0.1) is 19.7 Å². The highest BCUT2D eigenvalue weighted by Crippen LogP contribution is 2.35. The first-order valence-corrected chi connectivity index (χ1v) is 27.3. The molecule has 0 aromatic heterocycles. The minimum Gasteiger partial charge on any atom is -0.258 e. The van der Waals surface area contributed by atoms with Crippen LogP contribution in [-0.4, -0.2) is 110 Å². The Morgan fingerprint density at radius 3 is 0.833 bits per heavy atom. The maximum atomic E-state index is 14.7. The van der Waals surface area contributed by atoms with Crippen LogP contribution in [-0.2, 0) is 53.2 Å². The molecule has 2 heterocycles. The van der Waals surface area contributed by atoms with Gasteiger partial charge in [-0.15, -0.1) is 0 Å². The average molecular weight is 1070 g/mol. The van der Waals surface area contributed by atoms with Gasteiger partial charge < -0.3 is 0 Å². The van der Waals surface area contributed by atoms with Crippen LogP contribution in [0.2, 0.25) is 0 Å². The van der Waals surface area contributed by atoms with Crippen molar-refractivity contribution in [3.05, 3.63) is 185 Å². The molecule has 0 saturated carbocycles. The van der Waals surface area contributed by atoms with Crippen molar-refractivity contribution in [2.24, 2.45) is 0 Å². The fourth-order valence-corrected chi connectivity index (χ4v) is 14.8. The summed E-state index contributed by atoms with van der Waals surface area (Å²) in [6, 6.07) is 27.0. The Bertz CT molecular complexity index is 3350. The van der Waals surface area contributed by atoms with Crippen LogP contribution < -0.4 is 0 Å². The van der Waals surface area contributed by atoms with E-state index in [0.29, 0.717) is 30.5 Å². The van der Waals surface area contributed by atoms with Crippen LogP contribution in [0.1, 0.15) is 24.0 Å². The number of hydrogen-bond donors (Lipinski definition) is 0. The monoisotopic (exact) mass is 1070 g/mol. The van der Waals surface area contributed by atoms with Gasteiger partial charge in [0.1, 0.15) is 0 Å². The fourth-order valence-electron chi connectivity index (χ4n) is 8.28. The second kappa shape index (κ2) is 21.3. The number of benzene rings is 6. The lowest BCUT2D eigenvalue weighted by atomic mass is 9.99. The summed E-state index contributed by atoms with van der Waals surface area (Å²) in [5, 5.41) is 49.5. The van der Waals surface area contributed by atoms with Crippen molar-refractivity contribution in [3.8, 4) is 0 Å². The van der Waals surface area contributed by atoms with E-state index in [1.54, 1.807) is 24.3 Å². The standard InChI is InChI=1S/C44H42N8O16S4/c53-49(54)37-15-3-7-19-41(37)69(61,62)45-25-11-27-47(71(65,66)43-21-9-5-17-39(43)51(57)58)31-33-23-24-34(36-14-2-1-13-35(33)36)32-48(72(67,68)44-22-10-6-18-40(44)52(59)60)28-12-26-46(30-29-45)70(63,64)42-20-8-4-16-38(42)50(55)56/h1-10,13-24H,11-12,25-32H2. The molecule has 72 heavy (non-hydrogen) atoms. The smallest absolute Gasteiger partial charge is 0.258 e. The van der Waals surface area contributed by atoms with E-state index < -0.39 is 167 Å². The molecule has 28 heteroatoms. The number of hydrogen-bond acceptors (Lipinski definition) is 16. The zero-order chi connectivity index (χ0) is 52.2. The number of nitro benzene ring substituents is 4. The van der Waals surface area contributed by atoms with E-state index in [0.717, 1.165) is 57.1 Å². The number of sulfonamides is 4. The molecule has 0 amide bonds. The van der Waals surface area contributed by atoms with Crippen molar-refractivity contribution in [3.63, 3.8) is 0 Å². The Morgan fingerprint density at radius 2 is 0.556 bits per heavy atom. The zero-order valence-corrected chi connectivity index (χ0v) is 40.8. The van der Waals surface area contributed by atoms with Crippen molar-refractivity contribution < 1.29 is 53.4 Å². The molecular weight excluding hydrogens is 1020 g/mol. The Kier molecular flexibility index (Phi) is 15.5. The molecule has 0 aliphatic carbocycles. The summed E-state index contributed by atoms with van der Waals surface area (Å²) in [7, 11) is -19.8. The third-order valence-corrected chi connectivity index (χ3v) is 19.4. The zero-order valence-electron chi connectivity index (χ0n) is 37.5. The SMILES string of the molecule is O=[N+]([O-])c1ccccc1S(=O)(=O)N1CCCN(S(=O)(=O)c2ccccc2[N+](=O)[O-])Cc2ccc(c3ccccc23)CN(S(=O)(=O)c2ccccc2[N+](=O)[O-])CCCN(S(=O)(=O)c2ccccc2[N+](=O)[O-])CC1. The molecule has 2 bridgehead atoms. The Morgan fingerprint density at radius 1 is 0.319 bits per heavy atom. The topological polar surface area (TPSA) is 322 Å². The lowest BCUT2D eigenvalue weighted by Crippen LogP contribution is -2.43. The van der Waals surface area contributed by atoms with Crippen LogP contribution in [0.5, 0.6) is 0 Å². The molecule has 8 rings (SSSR count). The van der Waals surface area contributed by atoms with Crippen molar-refractivity contribution in [1.29, 1.82) is 0 Å². The quantitative estimate of drug-likeness (QED) is 0.0997. The van der Waals surface area contributed by atoms with Crippen molar-refractivity contribution in [2.75, 3.05) is 39.3 Å². The van der Waals surface area contributed by atoms with Crippen LogP contribution in [0.25, 0.3) is 10.8 Å². The normalized spacial score (nSPS) is 15.9. The van der Waals surface area contributed by atoms with Gasteiger partial charge in [-0.05, 0) is 59.0 Å². The van der Waals surface area contributed by atoms with E-state index in [1.807, 2.05) is 0 Å². The van der Waals surface area contributed by atoms with Gasteiger partial charge in [0.15, 0.2) is 19.6 Å². The first kappa shape index (κ1) is 52.6. The van der Waals surface area contributed by atoms with E-state index in [4.69, 9.17) is 0 Å². The number of nitro groups is 4. The number of nitrogens with zero attached hydrogens (tertiary/aromatic N) is 8. The van der Waals surface area contributed by atoms with Gasteiger partial charge in [-0.2, -0.15) is 17.2 Å². The van der Waals surface area contributed by atoms with Gasteiger partial charge >= 0.3 is 0 Å². The van der Waals surface area contributed by atoms with E-state index in [1.165, 1.54) is 60.7 Å². The lowest BCUT2D eigenvalue weighted by molar-refractivity contribution is -0.388. The summed E-state index contributed by atoms with van der Waals surface area (Å²) in [6.45, 7) is -5.10. The van der Waals surface area contributed by atoms with E-state index >= 15 is 0 Å². The van der Waals surface area contributed by atoms with Crippen LogP contribution in [0.15, 0.2) is 153 Å². The Hall–Kier alpha value is -7.18.